The van der Waals surface area contributed by atoms with Gasteiger partial charge in [-0.3, -0.25) is 0 Å². The van der Waals surface area contributed by atoms with Gasteiger partial charge >= 0.3 is 5.97 Å². The number of esters is 1. The van der Waals surface area contributed by atoms with Crippen LogP contribution in [-0.4, -0.2) is 17.1 Å². The molecule has 1 aromatic rings. The van der Waals surface area contributed by atoms with Gasteiger partial charge in [0.1, 0.15) is 0 Å². The second kappa shape index (κ2) is 5.01. The smallest absolute Gasteiger partial charge is 0.358 e. The van der Waals surface area contributed by atoms with Crippen LogP contribution in [0.2, 0.25) is 15.1 Å². The van der Waals surface area contributed by atoms with Crippen LogP contribution in [0.5, 0.6) is 0 Å². The third kappa shape index (κ3) is 2.97. The van der Waals surface area contributed by atoms with Crippen molar-refractivity contribution in [1.82, 2.24) is 4.98 Å². The molecule has 0 fully saturated rings. The molecule has 0 radical (unpaired) electrons. The van der Waals surface area contributed by atoms with Crippen molar-refractivity contribution in [3.05, 3.63) is 27.0 Å². The molecule has 0 atom stereocenters. The minimum atomic E-state index is -0.617. The molecule has 1 rings (SSSR count). The van der Waals surface area contributed by atoms with E-state index in [1.807, 2.05) is 0 Å². The van der Waals surface area contributed by atoms with Gasteiger partial charge in [-0.1, -0.05) is 34.8 Å². The molecular formula is C9H8Cl3NO2. The third-order valence-electron chi connectivity index (χ3n) is 1.45. The van der Waals surface area contributed by atoms with Crippen molar-refractivity contribution in [1.29, 1.82) is 0 Å². The van der Waals surface area contributed by atoms with Gasteiger partial charge in [0.15, 0.2) is 5.69 Å². The highest BCUT2D eigenvalue weighted by Crippen LogP contribution is 2.31. The summed E-state index contributed by atoms with van der Waals surface area (Å²) in [7, 11) is 0. The molecule has 1 heterocycles. The number of nitrogens with zero attached hydrogens (tertiary/aromatic N) is 1. The van der Waals surface area contributed by atoms with E-state index in [-0.39, 0.29) is 26.9 Å². The van der Waals surface area contributed by atoms with Gasteiger partial charge in [-0.2, -0.15) is 0 Å². The summed E-state index contributed by atoms with van der Waals surface area (Å²) in [6, 6.07) is 0. The lowest BCUT2D eigenvalue weighted by molar-refractivity contribution is 0.0371. The monoisotopic (exact) mass is 267 g/mol. The molecule has 0 aliphatic rings. The number of pyridine rings is 1. The van der Waals surface area contributed by atoms with Crippen LogP contribution in [0.1, 0.15) is 24.3 Å². The summed E-state index contributed by atoms with van der Waals surface area (Å²) in [4.78, 5) is 15.2. The lowest BCUT2D eigenvalue weighted by Gasteiger charge is -2.09. The summed E-state index contributed by atoms with van der Waals surface area (Å²) in [6.07, 6.45) is 1.01. The molecule has 0 aromatic carbocycles. The van der Waals surface area contributed by atoms with E-state index in [2.05, 4.69) is 4.98 Å². The average molecular weight is 269 g/mol. The predicted molar refractivity (Wildman–Crippen MR) is 59.8 cm³/mol. The summed E-state index contributed by atoms with van der Waals surface area (Å²) >= 11 is 17.2. The lowest BCUT2D eigenvalue weighted by atomic mass is 10.3. The fourth-order valence-corrected chi connectivity index (χ4v) is 1.41. The first-order valence-electron chi connectivity index (χ1n) is 4.14. The van der Waals surface area contributed by atoms with Gasteiger partial charge in [-0.25, -0.2) is 9.78 Å². The van der Waals surface area contributed by atoms with Gasteiger partial charge in [-0.05, 0) is 13.8 Å². The molecule has 0 saturated carbocycles. The summed E-state index contributed by atoms with van der Waals surface area (Å²) in [5, 5.41) is 0.307. The zero-order chi connectivity index (χ0) is 11.6. The van der Waals surface area contributed by atoms with Crippen molar-refractivity contribution in [2.75, 3.05) is 0 Å². The molecule has 6 heteroatoms. The van der Waals surface area contributed by atoms with E-state index < -0.39 is 5.97 Å². The number of hydrogen-bond acceptors (Lipinski definition) is 3. The van der Waals surface area contributed by atoms with Crippen molar-refractivity contribution in [2.45, 2.75) is 20.0 Å². The number of hydrogen-bond donors (Lipinski definition) is 0. The standard InChI is InChI=1S/C9H8Cl3NO2/c1-4(2)15-9(14)8-7(12)6(11)5(10)3-13-8/h3-4H,1-2H3. The van der Waals surface area contributed by atoms with Crippen LogP contribution in [-0.2, 0) is 4.74 Å². The number of rotatable bonds is 2. The van der Waals surface area contributed by atoms with Crippen molar-refractivity contribution >= 4 is 40.8 Å². The Bertz CT molecular complexity index is 393. The minimum Gasteiger partial charge on any atom is -0.458 e. The fraction of sp³-hybridized carbons (Fsp3) is 0.333. The Labute approximate surface area is 102 Å². The highest BCUT2D eigenvalue weighted by atomic mass is 35.5. The molecular weight excluding hydrogens is 260 g/mol. The van der Waals surface area contributed by atoms with E-state index >= 15 is 0 Å². The first-order valence-corrected chi connectivity index (χ1v) is 5.27. The Morgan fingerprint density at radius 1 is 1.33 bits per heavy atom. The van der Waals surface area contributed by atoms with Crippen LogP contribution in [0.3, 0.4) is 0 Å². The van der Waals surface area contributed by atoms with Crippen LogP contribution in [0.15, 0.2) is 6.20 Å². The molecule has 0 amide bonds. The topological polar surface area (TPSA) is 39.2 Å². The Morgan fingerprint density at radius 2 is 1.93 bits per heavy atom. The zero-order valence-corrected chi connectivity index (χ0v) is 10.3. The second-order valence-electron chi connectivity index (χ2n) is 3.04. The maximum absolute atomic E-state index is 11.5. The number of ether oxygens (including phenoxy) is 1. The van der Waals surface area contributed by atoms with Crippen molar-refractivity contribution in [2.24, 2.45) is 0 Å². The van der Waals surface area contributed by atoms with Gasteiger partial charge < -0.3 is 4.74 Å². The third-order valence-corrected chi connectivity index (χ3v) is 2.69. The van der Waals surface area contributed by atoms with E-state index in [9.17, 15) is 4.79 Å². The van der Waals surface area contributed by atoms with E-state index in [0.717, 1.165) is 0 Å². The molecule has 0 aliphatic heterocycles. The molecule has 1 aromatic heterocycles. The maximum atomic E-state index is 11.5. The molecule has 0 spiro atoms. The van der Waals surface area contributed by atoms with E-state index in [1.54, 1.807) is 13.8 Å². The number of carbonyl (C=O) groups excluding carboxylic acids is 1. The van der Waals surface area contributed by atoms with Gasteiger partial charge in [0.25, 0.3) is 0 Å². The van der Waals surface area contributed by atoms with Gasteiger partial charge in [0.2, 0.25) is 0 Å². The largest absolute Gasteiger partial charge is 0.458 e. The summed E-state index contributed by atoms with van der Waals surface area (Å²) < 4.78 is 4.92. The first-order chi connectivity index (χ1) is 6.93. The Kier molecular flexibility index (Phi) is 4.20. The molecule has 3 nitrogen and oxygen atoms in total. The Balaban J connectivity index is 3.06. The normalized spacial score (nSPS) is 10.5. The highest BCUT2D eigenvalue weighted by molar-refractivity contribution is 6.48. The SMILES string of the molecule is CC(C)OC(=O)c1ncc(Cl)c(Cl)c1Cl. The number of aromatic nitrogens is 1. The van der Waals surface area contributed by atoms with Gasteiger partial charge in [-0.15, -0.1) is 0 Å². The van der Waals surface area contributed by atoms with Crippen molar-refractivity contribution in [3.8, 4) is 0 Å². The molecule has 0 bridgehead atoms. The summed E-state index contributed by atoms with van der Waals surface area (Å²) in [5.41, 5.74) is -0.0280. The number of carbonyl (C=O) groups is 1. The summed E-state index contributed by atoms with van der Waals surface area (Å²) in [5.74, 6) is -0.617. The Hall–Kier alpha value is -0.510. The molecule has 82 valence electrons. The van der Waals surface area contributed by atoms with Crippen LogP contribution in [0.25, 0.3) is 0 Å². The highest BCUT2D eigenvalue weighted by Gasteiger charge is 2.18. The second-order valence-corrected chi connectivity index (χ2v) is 4.20. The van der Waals surface area contributed by atoms with Gasteiger partial charge in [0, 0.05) is 6.20 Å². The van der Waals surface area contributed by atoms with Crippen LogP contribution < -0.4 is 0 Å². The first kappa shape index (κ1) is 12.6. The fourth-order valence-electron chi connectivity index (χ4n) is 0.856. The van der Waals surface area contributed by atoms with E-state index in [0.29, 0.717) is 0 Å². The molecule has 0 N–H and O–H groups in total. The van der Waals surface area contributed by atoms with E-state index in [4.69, 9.17) is 39.5 Å². The molecule has 15 heavy (non-hydrogen) atoms. The van der Waals surface area contributed by atoms with E-state index in [1.165, 1.54) is 6.20 Å². The molecule has 0 saturated heterocycles. The minimum absolute atomic E-state index is 0.00909. The zero-order valence-electron chi connectivity index (χ0n) is 8.05. The van der Waals surface area contributed by atoms with Crippen LogP contribution in [0, 0.1) is 0 Å². The van der Waals surface area contributed by atoms with Crippen LogP contribution in [0.4, 0.5) is 0 Å². The lowest BCUT2D eigenvalue weighted by Crippen LogP contribution is -2.13. The maximum Gasteiger partial charge on any atom is 0.358 e. The van der Waals surface area contributed by atoms with Crippen molar-refractivity contribution in [3.63, 3.8) is 0 Å². The van der Waals surface area contributed by atoms with Crippen molar-refractivity contribution < 1.29 is 9.53 Å². The molecule has 0 aliphatic carbocycles. The molecule has 0 unspecified atom stereocenters. The van der Waals surface area contributed by atoms with Gasteiger partial charge in [0.05, 0.1) is 21.2 Å². The average Bonchev–Trinajstić information content (AvgIpc) is 2.13. The number of halogens is 3. The summed E-state index contributed by atoms with van der Waals surface area (Å²) in [6.45, 7) is 3.45. The quantitative estimate of drug-likeness (QED) is 0.769. The van der Waals surface area contributed by atoms with Crippen LogP contribution >= 0.6 is 34.8 Å². The Morgan fingerprint density at radius 3 is 2.47 bits per heavy atom. The predicted octanol–water partition coefficient (Wildman–Crippen LogP) is 3.61.